The van der Waals surface area contributed by atoms with Crippen LogP contribution < -0.4 is 5.56 Å². The fraction of sp³-hybridized carbons (Fsp3) is 0.0833. The van der Waals surface area contributed by atoms with Gasteiger partial charge >= 0.3 is 0 Å². The first kappa shape index (κ1) is 17.0. The van der Waals surface area contributed by atoms with E-state index in [0.29, 0.717) is 12.2 Å². The normalized spacial score (nSPS) is 10.7. The van der Waals surface area contributed by atoms with Crippen LogP contribution in [0.5, 0.6) is 0 Å². The first-order chi connectivity index (χ1) is 13.2. The Balaban J connectivity index is 1.88. The van der Waals surface area contributed by atoms with E-state index in [9.17, 15) is 4.79 Å². The number of benzene rings is 3. The van der Waals surface area contributed by atoms with Crippen molar-refractivity contribution >= 4 is 0 Å². The van der Waals surface area contributed by atoms with Gasteiger partial charge in [0, 0.05) is 18.1 Å². The van der Waals surface area contributed by atoms with Gasteiger partial charge in [0.1, 0.15) is 5.82 Å². The highest BCUT2D eigenvalue weighted by Crippen LogP contribution is 2.20. The van der Waals surface area contributed by atoms with Crippen molar-refractivity contribution in [3.63, 3.8) is 0 Å². The molecule has 0 spiro atoms. The fourth-order valence-electron chi connectivity index (χ4n) is 3.15. The lowest BCUT2D eigenvalue weighted by Crippen LogP contribution is -2.22. The summed E-state index contributed by atoms with van der Waals surface area (Å²) < 4.78 is 1.68. The first-order valence-electron chi connectivity index (χ1n) is 9.00. The Morgan fingerprint density at radius 3 is 2.11 bits per heavy atom. The summed E-state index contributed by atoms with van der Waals surface area (Å²) in [6.45, 7) is 2.03. The van der Waals surface area contributed by atoms with E-state index in [2.05, 4.69) is 12.1 Å². The lowest BCUT2D eigenvalue weighted by Gasteiger charge is -2.14. The molecule has 132 valence electrons. The molecule has 0 radical (unpaired) electrons. The summed E-state index contributed by atoms with van der Waals surface area (Å²) in [6, 6.07) is 29.5. The third kappa shape index (κ3) is 3.72. The Kier molecular flexibility index (Phi) is 4.67. The third-order valence-corrected chi connectivity index (χ3v) is 4.52. The number of nitrogens with zero attached hydrogens (tertiary/aromatic N) is 2. The van der Waals surface area contributed by atoms with Gasteiger partial charge in [-0.25, -0.2) is 4.98 Å². The molecule has 4 aromatic rings. The van der Waals surface area contributed by atoms with Crippen molar-refractivity contribution in [3.05, 3.63) is 118 Å². The van der Waals surface area contributed by atoms with Crippen LogP contribution in [0.2, 0.25) is 0 Å². The Morgan fingerprint density at radius 1 is 0.815 bits per heavy atom. The average molecular weight is 352 g/mol. The van der Waals surface area contributed by atoms with Gasteiger partial charge in [0.05, 0.1) is 11.4 Å². The number of rotatable bonds is 4. The molecule has 0 saturated heterocycles. The monoisotopic (exact) mass is 352 g/mol. The second-order valence-corrected chi connectivity index (χ2v) is 6.61. The molecule has 4 rings (SSSR count). The Bertz CT molecular complexity index is 1100. The summed E-state index contributed by atoms with van der Waals surface area (Å²) in [4.78, 5) is 17.9. The molecule has 0 N–H and O–H groups in total. The van der Waals surface area contributed by atoms with Crippen LogP contribution in [-0.2, 0) is 6.42 Å². The van der Waals surface area contributed by atoms with Crippen LogP contribution in [0.25, 0.3) is 17.1 Å². The molecule has 0 bridgehead atoms. The molecule has 0 aliphatic heterocycles. The van der Waals surface area contributed by atoms with Crippen LogP contribution in [0.4, 0.5) is 0 Å². The van der Waals surface area contributed by atoms with Crippen molar-refractivity contribution in [2.45, 2.75) is 13.3 Å². The largest absolute Gasteiger partial charge is 0.269 e. The number of aryl methyl sites for hydroxylation is 1. The van der Waals surface area contributed by atoms with Crippen molar-refractivity contribution < 1.29 is 0 Å². The molecule has 27 heavy (non-hydrogen) atoms. The van der Waals surface area contributed by atoms with E-state index in [1.165, 1.54) is 0 Å². The molecule has 0 aliphatic carbocycles. The summed E-state index contributed by atoms with van der Waals surface area (Å²) in [7, 11) is 0. The highest BCUT2D eigenvalue weighted by Gasteiger charge is 2.13. The molecule has 1 aromatic heterocycles. The van der Waals surface area contributed by atoms with Crippen LogP contribution in [0, 0.1) is 6.92 Å². The minimum Gasteiger partial charge on any atom is -0.269 e. The summed E-state index contributed by atoms with van der Waals surface area (Å²) in [6.07, 6.45) is 0.630. The molecule has 3 nitrogen and oxygen atoms in total. The van der Waals surface area contributed by atoms with Crippen LogP contribution in [-0.4, -0.2) is 9.55 Å². The van der Waals surface area contributed by atoms with E-state index in [-0.39, 0.29) is 5.56 Å². The average Bonchev–Trinajstić information content (AvgIpc) is 2.70. The molecule has 3 heteroatoms. The van der Waals surface area contributed by atoms with Gasteiger partial charge in [0.15, 0.2) is 0 Å². The van der Waals surface area contributed by atoms with Crippen molar-refractivity contribution in [2.24, 2.45) is 0 Å². The first-order valence-corrected chi connectivity index (χ1v) is 9.00. The summed E-state index contributed by atoms with van der Waals surface area (Å²) in [5.74, 6) is 0.665. The van der Waals surface area contributed by atoms with Gasteiger partial charge in [-0.2, -0.15) is 0 Å². The Morgan fingerprint density at radius 2 is 1.44 bits per heavy atom. The second kappa shape index (κ2) is 7.42. The van der Waals surface area contributed by atoms with Crippen molar-refractivity contribution in [1.29, 1.82) is 0 Å². The van der Waals surface area contributed by atoms with Crippen LogP contribution in [0.3, 0.4) is 0 Å². The SMILES string of the molecule is Cc1ccc(-n2c(-c3ccccc3)nc(Cc3ccccc3)cc2=O)cc1. The molecule has 0 aliphatic rings. The topological polar surface area (TPSA) is 34.9 Å². The van der Waals surface area contributed by atoms with E-state index in [1.807, 2.05) is 79.7 Å². The van der Waals surface area contributed by atoms with Gasteiger partial charge in [0.2, 0.25) is 0 Å². The van der Waals surface area contributed by atoms with Crippen molar-refractivity contribution in [1.82, 2.24) is 9.55 Å². The molecular formula is C24H20N2O. The summed E-state index contributed by atoms with van der Waals surface area (Å²) >= 11 is 0. The smallest absolute Gasteiger partial charge is 0.258 e. The zero-order chi connectivity index (χ0) is 18.6. The highest BCUT2D eigenvalue weighted by atomic mass is 16.1. The van der Waals surface area contributed by atoms with Crippen LogP contribution in [0.15, 0.2) is 95.8 Å². The van der Waals surface area contributed by atoms with E-state index < -0.39 is 0 Å². The minimum absolute atomic E-state index is 0.0707. The number of hydrogen-bond acceptors (Lipinski definition) is 2. The third-order valence-electron chi connectivity index (χ3n) is 4.52. The van der Waals surface area contributed by atoms with Gasteiger partial charge in [-0.05, 0) is 24.6 Å². The molecule has 0 saturated carbocycles. The molecule has 0 atom stereocenters. The van der Waals surface area contributed by atoms with Crippen molar-refractivity contribution in [2.75, 3.05) is 0 Å². The maximum Gasteiger partial charge on any atom is 0.258 e. The number of aromatic nitrogens is 2. The predicted molar refractivity (Wildman–Crippen MR) is 109 cm³/mol. The van der Waals surface area contributed by atoms with Crippen LogP contribution in [0.1, 0.15) is 16.8 Å². The molecule has 0 amide bonds. The maximum atomic E-state index is 13.0. The van der Waals surface area contributed by atoms with Crippen molar-refractivity contribution in [3.8, 4) is 17.1 Å². The fourth-order valence-corrected chi connectivity index (χ4v) is 3.15. The van der Waals surface area contributed by atoms with E-state index >= 15 is 0 Å². The van der Waals surface area contributed by atoms with E-state index in [0.717, 1.165) is 28.1 Å². The number of hydrogen-bond donors (Lipinski definition) is 0. The Hall–Kier alpha value is -3.46. The van der Waals surface area contributed by atoms with Gasteiger partial charge in [-0.3, -0.25) is 9.36 Å². The molecule has 3 aromatic carbocycles. The van der Waals surface area contributed by atoms with Gasteiger partial charge in [0.25, 0.3) is 5.56 Å². The van der Waals surface area contributed by atoms with E-state index in [1.54, 1.807) is 10.6 Å². The summed E-state index contributed by atoms with van der Waals surface area (Å²) in [5, 5.41) is 0. The molecule has 0 unspecified atom stereocenters. The highest BCUT2D eigenvalue weighted by molar-refractivity contribution is 5.58. The predicted octanol–water partition coefficient (Wildman–Crippen LogP) is 4.80. The van der Waals surface area contributed by atoms with Crippen LogP contribution >= 0.6 is 0 Å². The van der Waals surface area contributed by atoms with Gasteiger partial charge in [-0.15, -0.1) is 0 Å². The van der Waals surface area contributed by atoms with Gasteiger partial charge < -0.3 is 0 Å². The second-order valence-electron chi connectivity index (χ2n) is 6.61. The quantitative estimate of drug-likeness (QED) is 0.529. The lowest BCUT2D eigenvalue weighted by atomic mass is 10.1. The molecule has 0 fully saturated rings. The van der Waals surface area contributed by atoms with Gasteiger partial charge in [-0.1, -0.05) is 78.4 Å². The standard InChI is InChI=1S/C24H20N2O/c1-18-12-14-22(15-13-18)26-23(27)17-21(16-19-8-4-2-5-9-19)25-24(26)20-10-6-3-7-11-20/h2-15,17H,16H2,1H3. The molecule has 1 heterocycles. The zero-order valence-corrected chi connectivity index (χ0v) is 15.2. The molecular weight excluding hydrogens is 332 g/mol. The maximum absolute atomic E-state index is 13.0. The zero-order valence-electron chi connectivity index (χ0n) is 15.2. The summed E-state index contributed by atoms with van der Waals surface area (Å²) in [5.41, 5.74) is 4.73. The lowest BCUT2D eigenvalue weighted by molar-refractivity contribution is 0.910. The minimum atomic E-state index is -0.0707. The van der Waals surface area contributed by atoms with E-state index in [4.69, 9.17) is 4.98 Å². The Labute approximate surface area is 158 Å².